The molecule has 1 N–H and O–H groups in total. The molecule has 0 aromatic heterocycles. The van der Waals surface area contributed by atoms with Crippen molar-refractivity contribution in [1.29, 1.82) is 0 Å². The van der Waals surface area contributed by atoms with E-state index < -0.39 is 0 Å². The van der Waals surface area contributed by atoms with Crippen LogP contribution < -0.4 is 15.0 Å². The van der Waals surface area contributed by atoms with Gasteiger partial charge in [-0.05, 0) is 42.0 Å². The molecule has 148 valence electrons. The highest BCUT2D eigenvalue weighted by atomic mass is 19.1. The van der Waals surface area contributed by atoms with Gasteiger partial charge in [0.25, 0.3) is 0 Å². The van der Waals surface area contributed by atoms with Gasteiger partial charge in [0, 0.05) is 13.5 Å². The first kappa shape index (κ1) is 20.1. The number of para-hydroxylation sites is 3. The molecule has 0 unspecified atom stereocenters. The number of nitrogens with zero attached hydrogens (tertiary/aromatic N) is 1. The average Bonchev–Trinajstić information content (AvgIpc) is 2.73. The zero-order valence-corrected chi connectivity index (χ0v) is 16.0. The number of anilines is 1. The Morgan fingerprint density at radius 3 is 2.28 bits per heavy atom. The van der Waals surface area contributed by atoms with Crippen LogP contribution in [0.2, 0.25) is 0 Å². The first-order chi connectivity index (χ1) is 14.0. The molecule has 0 saturated heterocycles. The molecule has 3 aromatic carbocycles. The Hall–Kier alpha value is -3.67. The number of ether oxygens (including phenoxy) is 1. The van der Waals surface area contributed by atoms with Gasteiger partial charge < -0.3 is 10.1 Å². The fourth-order valence-electron chi connectivity index (χ4n) is 2.75. The smallest absolute Gasteiger partial charge is 0.240 e. The van der Waals surface area contributed by atoms with E-state index in [0.717, 1.165) is 5.56 Å². The van der Waals surface area contributed by atoms with E-state index in [2.05, 4.69) is 5.32 Å². The number of carbonyl (C=O) groups excluding carboxylic acids is 2. The fourth-order valence-corrected chi connectivity index (χ4v) is 2.75. The highest BCUT2D eigenvalue weighted by molar-refractivity contribution is 5.98. The molecular formula is C23H21FN2O3. The Labute approximate surface area is 168 Å². The number of carbonyl (C=O) groups is 2. The fraction of sp³-hybridized carbons (Fsp3) is 0.130. The van der Waals surface area contributed by atoms with E-state index in [1.165, 1.54) is 24.0 Å². The Morgan fingerprint density at radius 1 is 0.931 bits per heavy atom. The third-order valence-corrected chi connectivity index (χ3v) is 4.21. The highest BCUT2D eigenvalue weighted by Gasteiger charge is 2.19. The molecule has 0 aliphatic rings. The summed E-state index contributed by atoms with van der Waals surface area (Å²) < 4.78 is 18.9. The largest absolute Gasteiger partial charge is 0.455 e. The Balaban J connectivity index is 1.71. The lowest BCUT2D eigenvalue weighted by atomic mass is 10.2. The molecular weight excluding hydrogens is 371 g/mol. The Bertz CT molecular complexity index is 975. The number of rotatable bonds is 7. The summed E-state index contributed by atoms with van der Waals surface area (Å²) in [6, 6.07) is 22.1. The van der Waals surface area contributed by atoms with E-state index >= 15 is 0 Å². The summed E-state index contributed by atoms with van der Waals surface area (Å²) in [5.74, 6) is 0.146. The zero-order valence-electron chi connectivity index (χ0n) is 16.0. The maximum atomic E-state index is 13.0. The molecule has 6 heteroatoms. The second kappa shape index (κ2) is 9.50. The first-order valence-electron chi connectivity index (χ1n) is 9.14. The van der Waals surface area contributed by atoms with E-state index in [0.29, 0.717) is 17.2 Å². The summed E-state index contributed by atoms with van der Waals surface area (Å²) in [6.45, 7) is 1.48. The Morgan fingerprint density at radius 2 is 1.59 bits per heavy atom. The summed E-state index contributed by atoms with van der Waals surface area (Å²) in [4.78, 5) is 26.0. The molecule has 29 heavy (non-hydrogen) atoms. The predicted octanol–water partition coefficient (Wildman–Crippen LogP) is 4.29. The normalized spacial score (nSPS) is 10.3. The van der Waals surface area contributed by atoms with Crippen LogP contribution in [-0.4, -0.2) is 18.4 Å². The van der Waals surface area contributed by atoms with Crippen LogP contribution in [0.5, 0.6) is 11.5 Å². The van der Waals surface area contributed by atoms with Crippen LogP contribution in [0, 0.1) is 5.82 Å². The number of hydrogen-bond donors (Lipinski definition) is 1. The number of benzene rings is 3. The molecule has 5 nitrogen and oxygen atoms in total. The van der Waals surface area contributed by atoms with Crippen LogP contribution in [0.15, 0.2) is 78.9 Å². The summed E-state index contributed by atoms with van der Waals surface area (Å²) in [5.41, 5.74) is 1.27. The third-order valence-electron chi connectivity index (χ3n) is 4.21. The van der Waals surface area contributed by atoms with E-state index in [1.54, 1.807) is 36.4 Å². The van der Waals surface area contributed by atoms with Crippen molar-refractivity contribution in [3.63, 3.8) is 0 Å². The number of amides is 2. The van der Waals surface area contributed by atoms with Crippen LogP contribution >= 0.6 is 0 Å². The first-order valence-corrected chi connectivity index (χ1v) is 9.14. The van der Waals surface area contributed by atoms with Crippen molar-refractivity contribution < 1.29 is 18.7 Å². The molecule has 0 spiro atoms. The molecule has 0 fully saturated rings. The maximum Gasteiger partial charge on any atom is 0.240 e. The van der Waals surface area contributed by atoms with Crippen LogP contribution in [-0.2, 0) is 16.1 Å². The minimum atomic E-state index is -0.335. The van der Waals surface area contributed by atoms with Crippen LogP contribution in [0.25, 0.3) is 0 Å². The number of nitrogens with one attached hydrogen (secondary N) is 1. The van der Waals surface area contributed by atoms with E-state index in [-0.39, 0.29) is 30.7 Å². The van der Waals surface area contributed by atoms with Crippen molar-refractivity contribution in [3.8, 4) is 11.5 Å². The van der Waals surface area contributed by atoms with Gasteiger partial charge in [-0.15, -0.1) is 0 Å². The number of hydrogen-bond acceptors (Lipinski definition) is 3. The molecule has 0 atom stereocenters. The van der Waals surface area contributed by atoms with Gasteiger partial charge in [0.2, 0.25) is 11.8 Å². The van der Waals surface area contributed by atoms with Gasteiger partial charge in [0.05, 0.1) is 5.69 Å². The minimum Gasteiger partial charge on any atom is -0.455 e. The Kier molecular flexibility index (Phi) is 6.58. The average molecular weight is 392 g/mol. The quantitative estimate of drug-likeness (QED) is 0.653. The SMILES string of the molecule is CC(=O)N(CC(=O)NCc1ccc(F)cc1)c1ccccc1Oc1ccccc1. The van der Waals surface area contributed by atoms with Crippen LogP contribution in [0.1, 0.15) is 12.5 Å². The lowest BCUT2D eigenvalue weighted by Crippen LogP contribution is -2.39. The molecule has 0 bridgehead atoms. The number of halogens is 1. The molecule has 0 radical (unpaired) electrons. The van der Waals surface area contributed by atoms with Gasteiger partial charge in [-0.2, -0.15) is 0 Å². The van der Waals surface area contributed by atoms with Gasteiger partial charge in [0.1, 0.15) is 18.1 Å². The molecule has 3 aromatic rings. The standard InChI is InChI=1S/C23H21FN2O3/c1-17(27)26(16-23(28)25-15-18-11-13-19(24)14-12-18)21-9-5-6-10-22(21)29-20-7-3-2-4-8-20/h2-14H,15-16H2,1H3,(H,25,28). The molecule has 0 saturated carbocycles. The zero-order chi connectivity index (χ0) is 20.6. The van der Waals surface area contributed by atoms with Crippen molar-refractivity contribution in [3.05, 3.63) is 90.2 Å². The van der Waals surface area contributed by atoms with E-state index in [4.69, 9.17) is 4.74 Å². The van der Waals surface area contributed by atoms with Gasteiger partial charge >= 0.3 is 0 Å². The van der Waals surface area contributed by atoms with Gasteiger partial charge in [-0.3, -0.25) is 14.5 Å². The van der Waals surface area contributed by atoms with E-state index in [1.807, 2.05) is 30.3 Å². The lowest BCUT2D eigenvalue weighted by Gasteiger charge is -2.23. The summed E-state index contributed by atoms with van der Waals surface area (Å²) in [5, 5.41) is 2.75. The maximum absolute atomic E-state index is 13.0. The summed E-state index contributed by atoms with van der Waals surface area (Å²) >= 11 is 0. The predicted molar refractivity (Wildman–Crippen MR) is 109 cm³/mol. The molecule has 0 heterocycles. The van der Waals surface area contributed by atoms with Crippen molar-refractivity contribution in [1.82, 2.24) is 5.32 Å². The monoisotopic (exact) mass is 392 g/mol. The molecule has 2 amide bonds. The van der Waals surface area contributed by atoms with Gasteiger partial charge in [-0.1, -0.05) is 42.5 Å². The van der Waals surface area contributed by atoms with Crippen molar-refractivity contribution in [2.45, 2.75) is 13.5 Å². The highest BCUT2D eigenvalue weighted by Crippen LogP contribution is 2.32. The van der Waals surface area contributed by atoms with Crippen molar-refractivity contribution >= 4 is 17.5 Å². The lowest BCUT2D eigenvalue weighted by molar-refractivity contribution is -0.123. The third kappa shape index (κ3) is 5.65. The summed E-state index contributed by atoms with van der Waals surface area (Å²) in [7, 11) is 0. The van der Waals surface area contributed by atoms with E-state index in [9.17, 15) is 14.0 Å². The second-order valence-corrected chi connectivity index (χ2v) is 6.39. The molecule has 3 rings (SSSR count). The van der Waals surface area contributed by atoms with Crippen molar-refractivity contribution in [2.24, 2.45) is 0 Å². The van der Waals surface area contributed by atoms with Crippen LogP contribution in [0.4, 0.5) is 10.1 Å². The topological polar surface area (TPSA) is 58.6 Å². The van der Waals surface area contributed by atoms with Crippen LogP contribution in [0.3, 0.4) is 0 Å². The van der Waals surface area contributed by atoms with Gasteiger partial charge in [0.15, 0.2) is 5.75 Å². The second-order valence-electron chi connectivity index (χ2n) is 6.39. The molecule has 0 aliphatic carbocycles. The minimum absolute atomic E-state index is 0.161. The van der Waals surface area contributed by atoms with Gasteiger partial charge in [-0.25, -0.2) is 4.39 Å². The summed E-state index contributed by atoms with van der Waals surface area (Å²) in [6.07, 6.45) is 0. The van der Waals surface area contributed by atoms with Crippen molar-refractivity contribution in [2.75, 3.05) is 11.4 Å². The molecule has 0 aliphatic heterocycles.